The number of thiazole rings is 1. The summed E-state index contributed by atoms with van der Waals surface area (Å²) in [7, 11) is 0. The number of anilines is 1. The fourth-order valence-electron chi connectivity index (χ4n) is 2.21. The topological polar surface area (TPSA) is 79.8 Å². The summed E-state index contributed by atoms with van der Waals surface area (Å²) < 4.78 is 0. The van der Waals surface area contributed by atoms with Gasteiger partial charge in [-0.15, -0.1) is 21.5 Å². The average Bonchev–Trinajstić information content (AvgIpc) is 3.02. The molecule has 3 rings (SSSR count). The quantitative estimate of drug-likeness (QED) is 0.809. The van der Waals surface area contributed by atoms with Crippen LogP contribution in [0.15, 0.2) is 11.6 Å². The van der Waals surface area contributed by atoms with Gasteiger partial charge in [0.1, 0.15) is 10.0 Å². The molecule has 1 fully saturated rings. The highest BCUT2D eigenvalue weighted by Gasteiger charge is 2.35. The van der Waals surface area contributed by atoms with Crippen LogP contribution < -0.4 is 10.6 Å². The van der Waals surface area contributed by atoms with Gasteiger partial charge in [-0.05, 0) is 25.2 Å². The molecule has 2 aromatic heterocycles. The lowest BCUT2D eigenvalue weighted by Gasteiger charge is -2.15. The van der Waals surface area contributed by atoms with E-state index in [1.54, 1.807) is 17.5 Å². The minimum absolute atomic E-state index is 0.00693. The highest BCUT2D eigenvalue weighted by Crippen LogP contribution is 2.41. The number of unbranched alkanes of at least 4 members (excludes halogenated alkanes) is 1. The van der Waals surface area contributed by atoms with Crippen molar-refractivity contribution in [3.05, 3.63) is 21.6 Å². The van der Waals surface area contributed by atoms with Crippen molar-refractivity contribution in [3.8, 4) is 0 Å². The van der Waals surface area contributed by atoms with Crippen LogP contribution in [0.25, 0.3) is 0 Å². The van der Waals surface area contributed by atoms with Crippen LogP contribution in [0.3, 0.4) is 0 Å². The Morgan fingerprint density at radius 2 is 2.32 bits per heavy atom. The fraction of sp³-hybridized carbons (Fsp3) is 0.571. The second-order valence-electron chi connectivity index (χ2n) is 5.39. The second kappa shape index (κ2) is 7.15. The van der Waals surface area contributed by atoms with Gasteiger partial charge < -0.3 is 5.32 Å². The molecule has 6 nitrogen and oxygen atoms in total. The molecule has 0 aromatic carbocycles. The van der Waals surface area contributed by atoms with Gasteiger partial charge in [0.2, 0.25) is 5.13 Å². The van der Waals surface area contributed by atoms with Gasteiger partial charge in [0.25, 0.3) is 0 Å². The minimum atomic E-state index is -0.231. The van der Waals surface area contributed by atoms with E-state index in [-0.39, 0.29) is 12.1 Å². The van der Waals surface area contributed by atoms with Gasteiger partial charge >= 0.3 is 6.03 Å². The van der Waals surface area contributed by atoms with E-state index in [0.717, 1.165) is 42.1 Å². The van der Waals surface area contributed by atoms with E-state index < -0.39 is 0 Å². The number of urea groups is 1. The number of hydrogen-bond acceptors (Lipinski definition) is 6. The maximum Gasteiger partial charge on any atom is 0.321 e. The van der Waals surface area contributed by atoms with Crippen LogP contribution in [-0.4, -0.2) is 21.2 Å². The monoisotopic (exact) mass is 337 g/mol. The SMILES string of the molecule is CCCCc1nnc(NC(=O)NC(c2nccs2)C2CC2)s1. The Labute approximate surface area is 137 Å². The Bertz CT molecular complexity index is 609. The zero-order chi connectivity index (χ0) is 15.4. The van der Waals surface area contributed by atoms with Crippen LogP contribution in [0, 0.1) is 5.92 Å². The van der Waals surface area contributed by atoms with Crippen molar-refractivity contribution in [2.45, 2.75) is 45.1 Å². The van der Waals surface area contributed by atoms with E-state index in [4.69, 9.17) is 0 Å². The Morgan fingerprint density at radius 1 is 1.45 bits per heavy atom. The van der Waals surface area contributed by atoms with E-state index in [2.05, 4.69) is 32.7 Å². The van der Waals surface area contributed by atoms with Crippen molar-refractivity contribution >= 4 is 33.8 Å². The molecule has 1 saturated carbocycles. The summed E-state index contributed by atoms with van der Waals surface area (Å²) in [6.07, 6.45) is 7.20. The Kier molecular flexibility index (Phi) is 4.99. The number of amides is 2. The van der Waals surface area contributed by atoms with E-state index >= 15 is 0 Å². The van der Waals surface area contributed by atoms with E-state index in [1.165, 1.54) is 11.3 Å². The maximum absolute atomic E-state index is 12.2. The first-order valence-electron chi connectivity index (χ1n) is 7.55. The molecule has 2 amide bonds. The first-order chi connectivity index (χ1) is 10.8. The van der Waals surface area contributed by atoms with Gasteiger partial charge in [0, 0.05) is 18.0 Å². The molecule has 1 aliphatic carbocycles. The summed E-state index contributed by atoms with van der Waals surface area (Å²) in [4.78, 5) is 16.5. The Morgan fingerprint density at radius 3 is 3.00 bits per heavy atom. The van der Waals surface area contributed by atoms with Crippen molar-refractivity contribution in [1.82, 2.24) is 20.5 Å². The molecule has 2 N–H and O–H groups in total. The van der Waals surface area contributed by atoms with Crippen molar-refractivity contribution in [3.63, 3.8) is 0 Å². The summed E-state index contributed by atoms with van der Waals surface area (Å²) in [5.41, 5.74) is 0. The molecule has 1 aliphatic rings. The molecule has 0 bridgehead atoms. The molecule has 0 aliphatic heterocycles. The van der Waals surface area contributed by atoms with Crippen molar-refractivity contribution in [2.75, 3.05) is 5.32 Å². The molecule has 2 heterocycles. The standard InChI is InChI=1S/C14H19N5OS2/c1-2-3-4-10-18-19-14(22-10)17-13(20)16-11(9-5-6-9)12-15-7-8-21-12/h7-9,11H,2-6H2,1H3,(H2,16,17,19,20). The molecule has 0 radical (unpaired) electrons. The lowest BCUT2D eigenvalue weighted by molar-refractivity contribution is 0.247. The minimum Gasteiger partial charge on any atom is -0.328 e. The number of aryl methyl sites for hydroxylation is 1. The zero-order valence-electron chi connectivity index (χ0n) is 12.4. The summed E-state index contributed by atoms with van der Waals surface area (Å²) in [6, 6.07) is -0.224. The first-order valence-corrected chi connectivity index (χ1v) is 9.25. The molecule has 2 aromatic rings. The van der Waals surface area contributed by atoms with Crippen molar-refractivity contribution < 1.29 is 4.79 Å². The smallest absolute Gasteiger partial charge is 0.321 e. The number of nitrogens with zero attached hydrogens (tertiary/aromatic N) is 3. The molecular formula is C14H19N5OS2. The van der Waals surface area contributed by atoms with Crippen LogP contribution in [-0.2, 0) is 6.42 Å². The lowest BCUT2D eigenvalue weighted by Crippen LogP contribution is -2.33. The third-order valence-corrected chi connectivity index (χ3v) is 5.29. The zero-order valence-corrected chi connectivity index (χ0v) is 14.0. The normalized spacial score (nSPS) is 15.5. The van der Waals surface area contributed by atoms with Crippen LogP contribution in [0.1, 0.15) is 48.7 Å². The maximum atomic E-state index is 12.2. The van der Waals surface area contributed by atoms with E-state index in [9.17, 15) is 4.79 Å². The van der Waals surface area contributed by atoms with Crippen LogP contribution in [0.4, 0.5) is 9.93 Å². The van der Waals surface area contributed by atoms with Crippen molar-refractivity contribution in [1.29, 1.82) is 0 Å². The van der Waals surface area contributed by atoms with E-state index in [1.807, 2.05) is 5.38 Å². The third kappa shape index (κ3) is 4.01. The predicted molar refractivity (Wildman–Crippen MR) is 88.3 cm³/mol. The molecule has 1 atom stereocenters. The highest BCUT2D eigenvalue weighted by atomic mass is 32.1. The van der Waals surface area contributed by atoms with Crippen LogP contribution in [0.5, 0.6) is 0 Å². The van der Waals surface area contributed by atoms with Crippen LogP contribution >= 0.6 is 22.7 Å². The summed E-state index contributed by atoms with van der Waals surface area (Å²) in [5, 5.41) is 18.4. The molecule has 22 heavy (non-hydrogen) atoms. The molecule has 0 spiro atoms. The van der Waals surface area contributed by atoms with Gasteiger partial charge in [-0.1, -0.05) is 24.7 Å². The number of aromatic nitrogens is 3. The van der Waals surface area contributed by atoms with Gasteiger partial charge in [-0.3, -0.25) is 5.32 Å². The molecule has 8 heteroatoms. The number of nitrogens with one attached hydrogen (secondary N) is 2. The van der Waals surface area contributed by atoms with Gasteiger partial charge in [0.05, 0.1) is 6.04 Å². The second-order valence-corrected chi connectivity index (χ2v) is 7.38. The summed E-state index contributed by atoms with van der Waals surface area (Å²) in [6.45, 7) is 2.14. The number of carbonyl (C=O) groups excluding carboxylic acids is 1. The van der Waals surface area contributed by atoms with E-state index in [0.29, 0.717) is 11.0 Å². The first kappa shape index (κ1) is 15.4. The number of hydrogen-bond donors (Lipinski definition) is 2. The van der Waals surface area contributed by atoms with Gasteiger partial charge in [-0.2, -0.15) is 0 Å². The van der Waals surface area contributed by atoms with Gasteiger partial charge in [-0.25, -0.2) is 9.78 Å². The molecular weight excluding hydrogens is 318 g/mol. The lowest BCUT2D eigenvalue weighted by atomic mass is 10.2. The molecule has 118 valence electrons. The highest BCUT2D eigenvalue weighted by molar-refractivity contribution is 7.15. The Balaban J connectivity index is 1.56. The Hall–Kier alpha value is -1.54. The summed E-state index contributed by atoms with van der Waals surface area (Å²) >= 11 is 3.02. The van der Waals surface area contributed by atoms with Crippen molar-refractivity contribution in [2.24, 2.45) is 5.92 Å². The largest absolute Gasteiger partial charge is 0.328 e. The average molecular weight is 337 g/mol. The fourth-order valence-corrected chi connectivity index (χ4v) is 3.76. The molecule has 0 saturated heterocycles. The van der Waals surface area contributed by atoms with Gasteiger partial charge in [0.15, 0.2) is 0 Å². The number of carbonyl (C=O) groups is 1. The predicted octanol–water partition coefficient (Wildman–Crippen LogP) is 3.61. The third-order valence-electron chi connectivity index (χ3n) is 3.53. The number of rotatable bonds is 7. The van der Waals surface area contributed by atoms with Crippen LogP contribution in [0.2, 0.25) is 0 Å². The molecule has 1 unspecified atom stereocenters. The summed E-state index contributed by atoms with van der Waals surface area (Å²) in [5.74, 6) is 0.506.